The van der Waals surface area contributed by atoms with Gasteiger partial charge >= 0.3 is 0 Å². The van der Waals surface area contributed by atoms with Gasteiger partial charge in [-0.2, -0.15) is 0 Å². The van der Waals surface area contributed by atoms with Crippen LogP contribution in [0.1, 0.15) is 44.0 Å². The predicted octanol–water partition coefficient (Wildman–Crippen LogP) is 3.94. The van der Waals surface area contributed by atoms with Crippen LogP contribution in [0.2, 0.25) is 0 Å². The van der Waals surface area contributed by atoms with Crippen LogP contribution in [-0.4, -0.2) is 5.78 Å². The van der Waals surface area contributed by atoms with Crippen molar-refractivity contribution in [3.05, 3.63) is 35.9 Å². The molecule has 1 aromatic carbocycles. The first kappa shape index (κ1) is 12.0. The van der Waals surface area contributed by atoms with Gasteiger partial charge in [0, 0.05) is 11.5 Å². The van der Waals surface area contributed by atoms with Crippen LogP contribution in [0.3, 0.4) is 0 Å². The minimum absolute atomic E-state index is 0.141. The topological polar surface area (TPSA) is 17.1 Å². The molecule has 0 radical (unpaired) electrons. The summed E-state index contributed by atoms with van der Waals surface area (Å²) in [5.74, 6) is 1.05. The molecule has 0 spiro atoms. The molecule has 0 saturated heterocycles. The average Bonchev–Trinajstić information content (AvgIpc) is 2.29. The number of carbonyl (C=O) groups excluding carboxylic acids is 1. The van der Waals surface area contributed by atoms with Crippen molar-refractivity contribution in [3.8, 4) is 0 Å². The van der Waals surface area contributed by atoms with Crippen LogP contribution in [0, 0.1) is 11.8 Å². The normalized spacial score (nSPS) is 14.6. The summed E-state index contributed by atoms with van der Waals surface area (Å²) in [6, 6.07) is 9.58. The SMILES string of the molecule is CCC(C)CC(C)C(=O)c1ccccc1. The van der Waals surface area contributed by atoms with Gasteiger partial charge in [0.25, 0.3) is 0 Å². The second-order valence-electron chi connectivity index (χ2n) is 4.38. The highest BCUT2D eigenvalue weighted by molar-refractivity contribution is 5.97. The summed E-state index contributed by atoms with van der Waals surface area (Å²) < 4.78 is 0. The molecule has 2 unspecified atom stereocenters. The molecule has 82 valence electrons. The highest BCUT2D eigenvalue weighted by Gasteiger charge is 2.16. The lowest BCUT2D eigenvalue weighted by Crippen LogP contribution is -2.14. The molecule has 0 aliphatic carbocycles. The first-order valence-corrected chi connectivity index (χ1v) is 5.74. The summed E-state index contributed by atoms with van der Waals surface area (Å²) in [6.07, 6.45) is 2.14. The van der Waals surface area contributed by atoms with E-state index < -0.39 is 0 Å². The van der Waals surface area contributed by atoms with Gasteiger partial charge in [-0.1, -0.05) is 57.5 Å². The molecule has 0 fully saturated rings. The Balaban J connectivity index is 2.61. The smallest absolute Gasteiger partial charge is 0.165 e. The summed E-state index contributed by atoms with van der Waals surface area (Å²) >= 11 is 0. The number of Topliss-reactive ketones (excluding diaryl/α,β-unsaturated/α-hetero) is 1. The van der Waals surface area contributed by atoms with Gasteiger partial charge in [0.1, 0.15) is 0 Å². The van der Waals surface area contributed by atoms with Crippen molar-refractivity contribution in [1.29, 1.82) is 0 Å². The Bertz CT molecular complexity index is 302. The minimum atomic E-state index is 0.141. The first-order chi connectivity index (χ1) is 7.15. The summed E-state index contributed by atoms with van der Waals surface area (Å²) in [7, 11) is 0. The fraction of sp³-hybridized carbons (Fsp3) is 0.500. The van der Waals surface area contributed by atoms with E-state index in [-0.39, 0.29) is 11.7 Å². The van der Waals surface area contributed by atoms with Crippen LogP contribution in [-0.2, 0) is 0 Å². The van der Waals surface area contributed by atoms with Crippen molar-refractivity contribution in [1.82, 2.24) is 0 Å². The number of rotatable bonds is 5. The Hall–Kier alpha value is -1.11. The van der Waals surface area contributed by atoms with Gasteiger partial charge < -0.3 is 0 Å². The van der Waals surface area contributed by atoms with Gasteiger partial charge in [-0.3, -0.25) is 4.79 Å². The van der Waals surface area contributed by atoms with Crippen LogP contribution in [0.25, 0.3) is 0 Å². The molecule has 15 heavy (non-hydrogen) atoms. The van der Waals surface area contributed by atoms with Crippen molar-refractivity contribution >= 4 is 5.78 Å². The molecular formula is C14H20O. The fourth-order valence-corrected chi connectivity index (χ4v) is 1.76. The molecule has 1 heteroatoms. The zero-order valence-electron chi connectivity index (χ0n) is 9.86. The minimum Gasteiger partial charge on any atom is -0.294 e. The Labute approximate surface area is 92.5 Å². The van der Waals surface area contributed by atoms with Crippen molar-refractivity contribution in [2.24, 2.45) is 11.8 Å². The lowest BCUT2D eigenvalue weighted by atomic mass is 9.89. The fourth-order valence-electron chi connectivity index (χ4n) is 1.76. The van der Waals surface area contributed by atoms with Crippen LogP contribution in [0.4, 0.5) is 0 Å². The molecule has 1 rings (SSSR count). The predicted molar refractivity (Wildman–Crippen MR) is 64.0 cm³/mol. The summed E-state index contributed by atoms with van der Waals surface area (Å²) in [5.41, 5.74) is 0.841. The largest absolute Gasteiger partial charge is 0.294 e. The number of hydrogen-bond donors (Lipinski definition) is 0. The van der Waals surface area contributed by atoms with Crippen LogP contribution >= 0.6 is 0 Å². The second kappa shape index (κ2) is 5.69. The molecule has 0 aliphatic heterocycles. The monoisotopic (exact) mass is 204 g/mol. The van der Waals surface area contributed by atoms with E-state index in [1.54, 1.807) is 0 Å². The van der Waals surface area contributed by atoms with Crippen molar-refractivity contribution < 1.29 is 4.79 Å². The molecule has 0 heterocycles. The molecule has 0 saturated carbocycles. The van der Waals surface area contributed by atoms with E-state index in [1.165, 1.54) is 0 Å². The highest BCUT2D eigenvalue weighted by atomic mass is 16.1. The molecule has 1 nitrogen and oxygen atoms in total. The standard InChI is InChI=1S/C14H20O/c1-4-11(2)10-12(3)14(15)13-8-6-5-7-9-13/h5-9,11-12H,4,10H2,1-3H3. The Morgan fingerprint density at radius 3 is 2.33 bits per heavy atom. The molecule has 0 bridgehead atoms. The Morgan fingerprint density at radius 1 is 1.20 bits per heavy atom. The summed E-state index contributed by atoms with van der Waals surface area (Å²) in [6.45, 7) is 6.40. The summed E-state index contributed by atoms with van der Waals surface area (Å²) in [4.78, 5) is 12.0. The zero-order chi connectivity index (χ0) is 11.3. The molecule has 0 N–H and O–H groups in total. The van der Waals surface area contributed by atoms with E-state index in [9.17, 15) is 4.79 Å². The number of hydrogen-bond acceptors (Lipinski definition) is 1. The highest BCUT2D eigenvalue weighted by Crippen LogP contribution is 2.18. The molecule has 0 aliphatic rings. The third-order valence-corrected chi connectivity index (χ3v) is 2.96. The van der Waals surface area contributed by atoms with Gasteiger partial charge in [0.15, 0.2) is 5.78 Å². The van der Waals surface area contributed by atoms with Crippen molar-refractivity contribution in [2.45, 2.75) is 33.6 Å². The van der Waals surface area contributed by atoms with Gasteiger partial charge in [0.05, 0.1) is 0 Å². The van der Waals surface area contributed by atoms with E-state index in [0.717, 1.165) is 18.4 Å². The number of carbonyl (C=O) groups is 1. The van der Waals surface area contributed by atoms with Crippen LogP contribution < -0.4 is 0 Å². The van der Waals surface area contributed by atoms with E-state index in [0.29, 0.717) is 5.92 Å². The van der Waals surface area contributed by atoms with E-state index in [2.05, 4.69) is 13.8 Å². The molecule has 1 aromatic rings. The van der Waals surface area contributed by atoms with Gasteiger partial charge in [-0.15, -0.1) is 0 Å². The molecule has 0 aromatic heterocycles. The Kier molecular flexibility index (Phi) is 4.54. The summed E-state index contributed by atoms with van der Waals surface area (Å²) in [5, 5.41) is 0. The van der Waals surface area contributed by atoms with Crippen molar-refractivity contribution in [2.75, 3.05) is 0 Å². The lowest BCUT2D eigenvalue weighted by molar-refractivity contribution is 0.0913. The van der Waals surface area contributed by atoms with Crippen molar-refractivity contribution in [3.63, 3.8) is 0 Å². The maximum absolute atomic E-state index is 12.0. The number of benzene rings is 1. The van der Waals surface area contributed by atoms with Gasteiger partial charge in [0.2, 0.25) is 0 Å². The lowest BCUT2D eigenvalue weighted by Gasteiger charge is -2.14. The second-order valence-corrected chi connectivity index (χ2v) is 4.38. The van der Waals surface area contributed by atoms with Crippen LogP contribution in [0.15, 0.2) is 30.3 Å². The third-order valence-electron chi connectivity index (χ3n) is 2.96. The third kappa shape index (κ3) is 3.50. The first-order valence-electron chi connectivity index (χ1n) is 5.74. The van der Waals surface area contributed by atoms with Gasteiger partial charge in [-0.25, -0.2) is 0 Å². The van der Waals surface area contributed by atoms with Crippen LogP contribution in [0.5, 0.6) is 0 Å². The van der Waals surface area contributed by atoms with Gasteiger partial charge in [-0.05, 0) is 12.3 Å². The maximum Gasteiger partial charge on any atom is 0.165 e. The average molecular weight is 204 g/mol. The molecular weight excluding hydrogens is 184 g/mol. The number of ketones is 1. The molecule has 0 amide bonds. The Morgan fingerprint density at radius 2 is 1.80 bits per heavy atom. The van der Waals surface area contributed by atoms with E-state index >= 15 is 0 Å². The van der Waals surface area contributed by atoms with E-state index in [1.807, 2.05) is 37.3 Å². The zero-order valence-corrected chi connectivity index (χ0v) is 9.86. The molecule has 2 atom stereocenters. The van der Waals surface area contributed by atoms with E-state index in [4.69, 9.17) is 0 Å². The maximum atomic E-state index is 12.0. The quantitative estimate of drug-likeness (QED) is 0.664.